The van der Waals surface area contributed by atoms with E-state index < -0.39 is 10.0 Å². The molecule has 6 nitrogen and oxygen atoms in total. The smallest absolute Gasteiger partial charge is 0.251 e. The minimum Gasteiger partial charge on any atom is -0.492 e. The molecule has 8 heteroatoms. The predicted octanol–water partition coefficient (Wildman–Crippen LogP) is 2.40. The van der Waals surface area contributed by atoms with Crippen molar-refractivity contribution in [2.75, 3.05) is 23.6 Å². The van der Waals surface area contributed by atoms with Gasteiger partial charge in [-0.3, -0.25) is 9.52 Å². The molecule has 2 N–H and O–H groups in total. The fourth-order valence-electron chi connectivity index (χ4n) is 1.91. The van der Waals surface area contributed by atoms with Gasteiger partial charge in [-0.15, -0.1) is 0 Å². The number of amides is 1. The maximum Gasteiger partial charge on any atom is 0.251 e. The Morgan fingerprint density at radius 1 is 1.08 bits per heavy atom. The topological polar surface area (TPSA) is 84.5 Å². The summed E-state index contributed by atoms with van der Waals surface area (Å²) in [5, 5.41) is 2.68. The van der Waals surface area contributed by atoms with Crippen LogP contribution in [0.2, 0.25) is 0 Å². The Kier molecular flexibility index (Phi) is 6.35. The van der Waals surface area contributed by atoms with E-state index in [1.807, 2.05) is 0 Å². The Morgan fingerprint density at radius 2 is 1.72 bits per heavy atom. The van der Waals surface area contributed by atoms with Crippen LogP contribution in [0.4, 0.5) is 10.1 Å². The lowest BCUT2D eigenvalue weighted by Gasteiger charge is -2.09. The van der Waals surface area contributed by atoms with Gasteiger partial charge >= 0.3 is 0 Å². The van der Waals surface area contributed by atoms with Gasteiger partial charge in [0, 0.05) is 11.3 Å². The van der Waals surface area contributed by atoms with Crippen molar-refractivity contribution in [2.45, 2.75) is 6.92 Å². The first-order valence-electron chi connectivity index (χ1n) is 7.67. The standard InChI is InChI=1S/C17H19FN2O4S/c1-2-25(22,23)20-15-7-3-13(4-8-15)17(21)19-11-12-24-16-9-5-14(18)6-10-16/h3-10,20H,2,11-12H2,1H3,(H,19,21). The van der Waals surface area contributed by atoms with Crippen LogP contribution in [0.25, 0.3) is 0 Å². The fourth-order valence-corrected chi connectivity index (χ4v) is 2.55. The SMILES string of the molecule is CCS(=O)(=O)Nc1ccc(C(=O)NCCOc2ccc(F)cc2)cc1. The van der Waals surface area contributed by atoms with Crippen LogP contribution in [0, 0.1) is 5.82 Å². The highest BCUT2D eigenvalue weighted by molar-refractivity contribution is 7.92. The Hall–Kier alpha value is -2.61. The molecule has 0 aromatic heterocycles. The fraction of sp³-hybridized carbons (Fsp3) is 0.235. The molecule has 0 heterocycles. The van der Waals surface area contributed by atoms with E-state index in [2.05, 4.69) is 10.0 Å². The molecular formula is C17H19FN2O4S. The lowest BCUT2D eigenvalue weighted by Crippen LogP contribution is -2.28. The Balaban J connectivity index is 1.79. The van der Waals surface area contributed by atoms with Crippen molar-refractivity contribution in [2.24, 2.45) is 0 Å². The number of halogens is 1. The van der Waals surface area contributed by atoms with Crippen molar-refractivity contribution in [3.63, 3.8) is 0 Å². The van der Waals surface area contributed by atoms with Crippen molar-refractivity contribution >= 4 is 21.6 Å². The van der Waals surface area contributed by atoms with Crippen molar-refractivity contribution in [3.8, 4) is 5.75 Å². The summed E-state index contributed by atoms with van der Waals surface area (Å²) in [6.45, 7) is 2.06. The summed E-state index contributed by atoms with van der Waals surface area (Å²) in [6, 6.07) is 11.7. The average Bonchev–Trinajstić information content (AvgIpc) is 2.60. The summed E-state index contributed by atoms with van der Waals surface area (Å²) >= 11 is 0. The van der Waals surface area contributed by atoms with Gasteiger partial charge in [-0.1, -0.05) is 0 Å². The van der Waals surface area contributed by atoms with Gasteiger partial charge in [0.2, 0.25) is 10.0 Å². The molecule has 0 fully saturated rings. The Morgan fingerprint density at radius 3 is 2.32 bits per heavy atom. The first-order valence-corrected chi connectivity index (χ1v) is 9.32. The third-order valence-corrected chi connectivity index (χ3v) is 4.58. The predicted molar refractivity (Wildman–Crippen MR) is 93.8 cm³/mol. The maximum absolute atomic E-state index is 12.8. The lowest BCUT2D eigenvalue weighted by atomic mass is 10.2. The van der Waals surface area contributed by atoms with Crippen LogP contribution < -0.4 is 14.8 Å². The first kappa shape index (κ1) is 18.7. The molecule has 2 rings (SSSR count). The van der Waals surface area contributed by atoms with Gasteiger partial charge in [-0.2, -0.15) is 0 Å². The molecule has 0 bridgehead atoms. The number of hydrogen-bond acceptors (Lipinski definition) is 4. The normalized spacial score (nSPS) is 11.0. The van der Waals surface area contributed by atoms with Crippen LogP contribution in [0.1, 0.15) is 17.3 Å². The summed E-state index contributed by atoms with van der Waals surface area (Å²) in [5.41, 5.74) is 0.805. The average molecular weight is 366 g/mol. The second-order valence-corrected chi connectivity index (χ2v) is 7.15. The minimum atomic E-state index is -3.34. The van der Waals surface area contributed by atoms with Gasteiger partial charge in [0.25, 0.3) is 5.91 Å². The van der Waals surface area contributed by atoms with Gasteiger partial charge in [0.1, 0.15) is 18.2 Å². The van der Waals surface area contributed by atoms with Crippen LogP contribution in [-0.2, 0) is 10.0 Å². The molecule has 2 aromatic rings. The maximum atomic E-state index is 12.8. The number of carbonyl (C=O) groups is 1. The number of hydrogen-bond donors (Lipinski definition) is 2. The highest BCUT2D eigenvalue weighted by atomic mass is 32.2. The van der Waals surface area contributed by atoms with Crippen molar-refractivity contribution in [1.82, 2.24) is 5.32 Å². The number of benzene rings is 2. The third-order valence-electron chi connectivity index (χ3n) is 3.27. The molecule has 0 radical (unpaired) electrons. The zero-order chi connectivity index (χ0) is 18.3. The summed E-state index contributed by atoms with van der Waals surface area (Å²) in [6.07, 6.45) is 0. The summed E-state index contributed by atoms with van der Waals surface area (Å²) in [5.74, 6) is -0.148. The second kappa shape index (κ2) is 8.48. The summed E-state index contributed by atoms with van der Waals surface area (Å²) in [7, 11) is -3.34. The summed E-state index contributed by atoms with van der Waals surface area (Å²) < 4.78 is 43.5. The highest BCUT2D eigenvalue weighted by Gasteiger charge is 2.08. The highest BCUT2D eigenvalue weighted by Crippen LogP contribution is 2.12. The number of ether oxygens (including phenoxy) is 1. The van der Waals surface area contributed by atoms with Crippen LogP contribution in [0.5, 0.6) is 5.75 Å². The monoisotopic (exact) mass is 366 g/mol. The van der Waals surface area contributed by atoms with E-state index in [-0.39, 0.29) is 30.6 Å². The van der Waals surface area contributed by atoms with Crippen molar-refractivity contribution in [3.05, 3.63) is 59.9 Å². The zero-order valence-electron chi connectivity index (χ0n) is 13.7. The summed E-state index contributed by atoms with van der Waals surface area (Å²) in [4.78, 5) is 12.0. The first-order chi connectivity index (χ1) is 11.9. The number of nitrogens with one attached hydrogen (secondary N) is 2. The van der Waals surface area contributed by atoms with E-state index >= 15 is 0 Å². The van der Waals surface area contributed by atoms with Crippen LogP contribution in [0.15, 0.2) is 48.5 Å². The Labute approximate surface area is 146 Å². The quantitative estimate of drug-likeness (QED) is 0.703. The number of carbonyl (C=O) groups excluding carboxylic acids is 1. The van der Waals surface area contributed by atoms with Gasteiger partial charge in [0.15, 0.2) is 0 Å². The molecule has 25 heavy (non-hydrogen) atoms. The number of rotatable bonds is 8. The number of sulfonamides is 1. The molecular weight excluding hydrogens is 347 g/mol. The van der Waals surface area contributed by atoms with Crippen molar-refractivity contribution < 1.29 is 22.3 Å². The molecule has 134 valence electrons. The van der Waals surface area contributed by atoms with E-state index in [1.165, 1.54) is 55.5 Å². The van der Waals surface area contributed by atoms with Crippen LogP contribution >= 0.6 is 0 Å². The van der Waals surface area contributed by atoms with E-state index in [9.17, 15) is 17.6 Å². The molecule has 0 saturated carbocycles. The number of anilines is 1. The largest absolute Gasteiger partial charge is 0.492 e. The van der Waals surface area contributed by atoms with E-state index in [0.717, 1.165) is 0 Å². The second-order valence-electron chi connectivity index (χ2n) is 5.14. The molecule has 0 saturated heterocycles. The molecule has 0 aliphatic rings. The lowest BCUT2D eigenvalue weighted by molar-refractivity contribution is 0.0947. The molecule has 0 aliphatic carbocycles. The molecule has 0 unspecified atom stereocenters. The van der Waals surface area contributed by atoms with Crippen LogP contribution in [-0.4, -0.2) is 33.2 Å². The Bertz CT molecular complexity index is 806. The van der Waals surface area contributed by atoms with Gasteiger partial charge in [-0.05, 0) is 55.5 Å². The third kappa shape index (κ3) is 6.07. The van der Waals surface area contributed by atoms with Gasteiger partial charge in [0.05, 0.1) is 12.3 Å². The van der Waals surface area contributed by atoms with Crippen LogP contribution in [0.3, 0.4) is 0 Å². The van der Waals surface area contributed by atoms with Gasteiger partial charge < -0.3 is 10.1 Å². The van der Waals surface area contributed by atoms with Crippen molar-refractivity contribution in [1.29, 1.82) is 0 Å². The molecule has 2 aromatic carbocycles. The molecule has 0 aliphatic heterocycles. The van der Waals surface area contributed by atoms with Gasteiger partial charge in [-0.25, -0.2) is 12.8 Å². The van der Waals surface area contributed by atoms with E-state index in [1.54, 1.807) is 0 Å². The molecule has 1 amide bonds. The molecule has 0 spiro atoms. The minimum absolute atomic E-state index is 0.0245. The van der Waals surface area contributed by atoms with E-state index in [0.29, 0.717) is 17.0 Å². The molecule has 0 atom stereocenters. The zero-order valence-corrected chi connectivity index (χ0v) is 14.5. The van der Waals surface area contributed by atoms with E-state index in [4.69, 9.17) is 4.74 Å².